The number of hydrogen-bond donors (Lipinski definition) is 2. The van der Waals surface area contributed by atoms with Crippen molar-refractivity contribution >= 4 is 17.9 Å². The van der Waals surface area contributed by atoms with Crippen molar-refractivity contribution in [3.05, 3.63) is 24.3 Å². The van der Waals surface area contributed by atoms with E-state index in [9.17, 15) is 4.79 Å². The molecule has 0 aromatic carbocycles. The standard InChI is InChI=1S/C8H9N3OS.CH5N/c12-8(13)11-3-6(4-11)7-1-2-9-5-10-7;1-2/h1-2,5-6H,3-4H2,(H,12,13);2H2,1H3. The number of carbonyl (C=O) groups is 1. The molecule has 0 aliphatic carbocycles. The van der Waals surface area contributed by atoms with E-state index >= 15 is 0 Å². The van der Waals surface area contributed by atoms with E-state index in [1.54, 1.807) is 11.1 Å². The van der Waals surface area contributed by atoms with Crippen LogP contribution in [0.4, 0.5) is 4.79 Å². The maximum atomic E-state index is 10.8. The third-order valence-corrected chi connectivity index (χ3v) is 2.46. The quantitative estimate of drug-likeness (QED) is 0.684. The van der Waals surface area contributed by atoms with E-state index < -0.39 is 0 Å². The predicted octanol–water partition coefficient (Wildman–Crippen LogP) is 0.501. The average Bonchev–Trinajstić information content (AvgIpc) is 2.19. The van der Waals surface area contributed by atoms with Crippen molar-refractivity contribution < 1.29 is 4.79 Å². The second kappa shape index (κ2) is 5.67. The van der Waals surface area contributed by atoms with Crippen LogP contribution in [0.2, 0.25) is 0 Å². The van der Waals surface area contributed by atoms with E-state index in [4.69, 9.17) is 0 Å². The summed E-state index contributed by atoms with van der Waals surface area (Å²) in [5.41, 5.74) is 5.50. The smallest absolute Gasteiger partial charge is 0.278 e. The summed E-state index contributed by atoms with van der Waals surface area (Å²) in [6.45, 7) is 1.44. The summed E-state index contributed by atoms with van der Waals surface area (Å²) in [6, 6.07) is 1.88. The van der Waals surface area contributed by atoms with Crippen molar-refractivity contribution in [1.29, 1.82) is 0 Å². The van der Waals surface area contributed by atoms with Crippen LogP contribution in [0.5, 0.6) is 0 Å². The summed E-state index contributed by atoms with van der Waals surface area (Å²) in [4.78, 5) is 20.4. The summed E-state index contributed by atoms with van der Waals surface area (Å²) < 4.78 is 0. The highest BCUT2D eigenvalue weighted by molar-refractivity contribution is 7.96. The van der Waals surface area contributed by atoms with Crippen LogP contribution in [-0.4, -0.2) is 40.2 Å². The van der Waals surface area contributed by atoms with Crippen LogP contribution in [0.25, 0.3) is 0 Å². The molecule has 1 aliphatic heterocycles. The molecule has 1 aliphatic rings. The number of rotatable bonds is 1. The van der Waals surface area contributed by atoms with E-state index in [2.05, 4.69) is 28.3 Å². The van der Waals surface area contributed by atoms with Gasteiger partial charge in [0, 0.05) is 25.2 Å². The summed E-state index contributed by atoms with van der Waals surface area (Å²) in [7, 11) is 1.50. The van der Waals surface area contributed by atoms with Crippen molar-refractivity contribution in [3.8, 4) is 0 Å². The lowest BCUT2D eigenvalue weighted by Gasteiger charge is -2.37. The SMILES string of the molecule is CN.O=C(S)N1CC(c2ccncn2)C1. The Kier molecular flexibility index (Phi) is 4.51. The summed E-state index contributed by atoms with van der Waals surface area (Å²) in [5.74, 6) is 0.360. The molecule has 1 aromatic rings. The van der Waals surface area contributed by atoms with Gasteiger partial charge in [0.25, 0.3) is 5.24 Å². The van der Waals surface area contributed by atoms with Crippen LogP contribution < -0.4 is 5.73 Å². The van der Waals surface area contributed by atoms with Gasteiger partial charge in [0.15, 0.2) is 0 Å². The molecule has 0 atom stereocenters. The second-order valence-electron chi connectivity index (χ2n) is 3.02. The molecule has 15 heavy (non-hydrogen) atoms. The number of carbonyl (C=O) groups excluding carboxylic acids is 1. The van der Waals surface area contributed by atoms with Gasteiger partial charge in [-0.25, -0.2) is 9.97 Å². The lowest BCUT2D eigenvalue weighted by atomic mass is 9.97. The van der Waals surface area contributed by atoms with E-state index in [1.807, 2.05) is 6.07 Å². The maximum absolute atomic E-state index is 10.8. The molecule has 0 spiro atoms. The zero-order valence-electron chi connectivity index (χ0n) is 8.50. The fraction of sp³-hybridized carbons (Fsp3) is 0.444. The molecule has 1 aromatic heterocycles. The average molecular weight is 226 g/mol. The van der Waals surface area contributed by atoms with Gasteiger partial charge >= 0.3 is 0 Å². The van der Waals surface area contributed by atoms with E-state index in [-0.39, 0.29) is 5.24 Å². The van der Waals surface area contributed by atoms with Crippen LogP contribution >= 0.6 is 12.6 Å². The van der Waals surface area contributed by atoms with Crippen LogP contribution in [0.3, 0.4) is 0 Å². The minimum Gasteiger partial charge on any atom is -0.333 e. The molecule has 2 heterocycles. The fourth-order valence-electron chi connectivity index (χ4n) is 1.36. The molecule has 6 heteroatoms. The van der Waals surface area contributed by atoms with Crippen molar-refractivity contribution in [2.24, 2.45) is 5.73 Å². The highest BCUT2D eigenvalue weighted by Gasteiger charge is 2.30. The third-order valence-electron chi connectivity index (χ3n) is 2.18. The van der Waals surface area contributed by atoms with Crippen molar-refractivity contribution in [3.63, 3.8) is 0 Å². The Bertz CT molecular complexity index is 313. The maximum Gasteiger partial charge on any atom is 0.278 e. The molecule has 2 N–H and O–H groups in total. The first kappa shape index (κ1) is 11.9. The number of thiol groups is 1. The minimum atomic E-state index is -0.162. The molecule has 0 bridgehead atoms. The number of aromatic nitrogens is 2. The summed E-state index contributed by atoms with van der Waals surface area (Å²) in [6.07, 6.45) is 3.24. The Morgan fingerprint density at radius 2 is 2.27 bits per heavy atom. The highest BCUT2D eigenvalue weighted by atomic mass is 32.1. The minimum absolute atomic E-state index is 0.162. The van der Waals surface area contributed by atoms with E-state index in [1.165, 1.54) is 13.4 Å². The van der Waals surface area contributed by atoms with Crippen molar-refractivity contribution in [2.75, 3.05) is 20.1 Å². The molecular weight excluding hydrogens is 212 g/mol. The Morgan fingerprint density at radius 3 is 2.73 bits per heavy atom. The van der Waals surface area contributed by atoms with Gasteiger partial charge in [0.2, 0.25) is 0 Å². The Morgan fingerprint density at radius 1 is 1.60 bits per heavy atom. The summed E-state index contributed by atoms with van der Waals surface area (Å²) >= 11 is 3.73. The van der Waals surface area contributed by atoms with Crippen molar-refractivity contribution in [1.82, 2.24) is 14.9 Å². The topological polar surface area (TPSA) is 72.1 Å². The van der Waals surface area contributed by atoms with Crippen LogP contribution in [0.15, 0.2) is 18.6 Å². The van der Waals surface area contributed by atoms with Gasteiger partial charge in [-0.05, 0) is 13.1 Å². The molecule has 1 saturated heterocycles. The number of amides is 1. The Balaban J connectivity index is 0.000000531. The van der Waals surface area contributed by atoms with Crippen LogP contribution in [0.1, 0.15) is 11.6 Å². The molecule has 0 unspecified atom stereocenters. The first-order valence-electron chi connectivity index (χ1n) is 4.59. The Labute approximate surface area is 94.1 Å². The molecular formula is C9H14N4OS. The van der Waals surface area contributed by atoms with E-state index in [0.717, 1.165) is 18.8 Å². The van der Waals surface area contributed by atoms with Gasteiger partial charge < -0.3 is 10.6 Å². The van der Waals surface area contributed by atoms with Gasteiger partial charge in [-0.1, -0.05) is 12.6 Å². The zero-order valence-corrected chi connectivity index (χ0v) is 9.39. The highest BCUT2D eigenvalue weighted by Crippen LogP contribution is 2.25. The second-order valence-corrected chi connectivity index (χ2v) is 3.40. The van der Waals surface area contributed by atoms with Gasteiger partial charge in [-0.2, -0.15) is 0 Å². The first-order valence-corrected chi connectivity index (χ1v) is 5.03. The molecule has 1 amide bonds. The van der Waals surface area contributed by atoms with Gasteiger partial charge in [0.1, 0.15) is 6.33 Å². The zero-order chi connectivity index (χ0) is 11.3. The molecule has 0 radical (unpaired) electrons. The van der Waals surface area contributed by atoms with E-state index in [0.29, 0.717) is 5.92 Å². The van der Waals surface area contributed by atoms with Gasteiger partial charge in [-0.15, -0.1) is 0 Å². The number of nitrogens with two attached hydrogens (primary N) is 1. The van der Waals surface area contributed by atoms with Gasteiger partial charge in [-0.3, -0.25) is 4.79 Å². The molecule has 82 valence electrons. The normalized spacial score (nSPS) is 15.0. The van der Waals surface area contributed by atoms with Gasteiger partial charge in [0.05, 0.1) is 5.69 Å². The first-order chi connectivity index (χ1) is 7.27. The fourth-order valence-corrected chi connectivity index (χ4v) is 1.53. The number of likely N-dealkylation sites (tertiary alicyclic amines) is 1. The Hall–Kier alpha value is -1.14. The third kappa shape index (κ3) is 2.90. The molecule has 1 fully saturated rings. The lowest BCUT2D eigenvalue weighted by molar-refractivity contribution is 0.173. The molecule has 2 rings (SSSR count). The number of hydrogen-bond acceptors (Lipinski definition) is 4. The summed E-state index contributed by atoms with van der Waals surface area (Å²) in [5, 5.41) is -0.162. The lowest BCUT2D eigenvalue weighted by Crippen LogP contribution is -2.46. The van der Waals surface area contributed by atoms with Crippen LogP contribution in [-0.2, 0) is 0 Å². The van der Waals surface area contributed by atoms with Crippen LogP contribution in [0, 0.1) is 0 Å². The molecule has 0 saturated carbocycles. The largest absolute Gasteiger partial charge is 0.333 e. The monoisotopic (exact) mass is 226 g/mol. The number of nitrogens with zero attached hydrogens (tertiary/aromatic N) is 3. The predicted molar refractivity (Wildman–Crippen MR) is 60.8 cm³/mol. The molecule has 5 nitrogen and oxygen atoms in total. The van der Waals surface area contributed by atoms with Crippen molar-refractivity contribution in [2.45, 2.75) is 5.92 Å².